The van der Waals surface area contributed by atoms with Crippen molar-refractivity contribution in [1.29, 1.82) is 0 Å². The molecular weight excluding hydrogens is 509 g/mol. The molecule has 1 aliphatic carbocycles. The molecule has 0 spiro atoms. The van der Waals surface area contributed by atoms with Gasteiger partial charge in [0.05, 0.1) is 16.6 Å². The van der Waals surface area contributed by atoms with Crippen molar-refractivity contribution >= 4 is 39.8 Å². The number of aromatic nitrogens is 5. The second-order valence-corrected chi connectivity index (χ2v) is 10.3. The van der Waals surface area contributed by atoms with E-state index in [1.807, 2.05) is 0 Å². The number of anilines is 2. The van der Waals surface area contributed by atoms with Crippen molar-refractivity contribution in [1.82, 2.24) is 25.1 Å². The number of H-pyrrole nitrogens is 1. The zero-order valence-corrected chi connectivity index (χ0v) is 20.4. The van der Waals surface area contributed by atoms with Gasteiger partial charge >= 0.3 is 12.1 Å². The molecule has 1 unspecified atom stereocenters. The van der Waals surface area contributed by atoms with Crippen molar-refractivity contribution in [3.8, 4) is 10.4 Å². The average molecular weight is 533 g/mol. The Balaban J connectivity index is 1.52. The van der Waals surface area contributed by atoms with Gasteiger partial charge in [0.15, 0.2) is 0 Å². The minimum absolute atomic E-state index is 0.228. The highest BCUT2D eigenvalue weighted by Crippen LogP contribution is 2.51. The first-order chi connectivity index (χ1) is 17.5. The molecule has 1 aromatic carbocycles. The first-order valence-electron chi connectivity index (χ1n) is 11.6. The summed E-state index contributed by atoms with van der Waals surface area (Å²) >= 11 is 1.17. The number of rotatable bonds is 6. The minimum Gasteiger partial charge on any atom is -0.481 e. The number of halogens is 3. The Bertz CT molecular complexity index is 1460. The van der Waals surface area contributed by atoms with Crippen LogP contribution in [0, 0.1) is 5.41 Å². The van der Waals surface area contributed by atoms with E-state index in [0.29, 0.717) is 47.3 Å². The maximum Gasteiger partial charge on any atom is 0.433 e. The van der Waals surface area contributed by atoms with Crippen LogP contribution in [0.15, 0.2) is 36.8 Å². The summed E-state index contributed by atoms with van der Waals surface area (Å²) in [6.45, 7) is 1.51. The van der Waals surface area contributed by atoms with Crippen LogP contribution in [0.2, 0.25) is 0 Å². The standard InChI is InChI=1S/C24H23F3N6O3S/c1-22(36,23(20(34)35)6-3-2-4-7-23)19-29-12-17(37-19)14-9-13(10-16-15(14)11-30-33-16)31-21-28-8-5-18(32-21)24(25,26)27/h5,8-12,36H,2-4,6-7H2,1H3,(H,30,33)(H,34,35)(H,28,31,32). The number of aliphatic hydroxyl groups is 1. The van der Waals surface area contributed by atoms with E-state index in [-0.39, 0.29) is 11.0 Å². The third-order valence-corrected chi connectivity index (χ3v) is 8.24. The molecule has 4 N–H and O–H groups in total. The van der Waals surface area contributed by atoms with E-state index in [0.717, 1.165) is 24.1 Å². The zero-order valence-electron chi connectivity index (χ0n) is 19.6. The van der Waals surface area contributed by atoms with Crippen LogP contribution in [0.4, 0.5) is 24.8 Å². The number of nitrogens with one attached hydrogen (secondary N) is 2. The first-order valence-corrected chi connectivity index (χ1v) is 12.4. The predicted molar refractivity (Wildman–Crippen MR) is 130 cm³/mol. The van der Waals surface area contributed by atoms with E-state index in [9.17, 15) is 28.2 Å². The molecule has 0 bridgehead atoms. The molecule has 3 aromatic heterocycles. The Morgan fingerprint density at radius 3 is 2.62 bits per heavy atom. The molecule has 1 saturated carbocycles. The summed E-state index contributed by atoms with van der Waals surface area (Å²) < 4.78 is 39.2. The van der Waals surface area contributed by atoms with Crippen molar-refractivity contribution in [3.63, 3.8) is 0 Å². The number of carboxylic acid groups (broad SMARTS) is 1. The average Bonchev–Trinajstić information content (AvgIpc) is 3.54. The van der Waals surface area contributed by atoms with Crippen molar-refractivity contribution in [2.24, 2.45) is 5.41 Å². The van der Waals surface area contributed by atoms with Gasteiger partial charge in [0, 0.05) is 29.0 Å². The maximum atomic E-state index is 13.1. The Morgan fingerprint density at radius 1 is 1.16 bits per heavy atom. The molecule has 37 heavy (non-hydrogen) atoms. The summed E-state index contributed by atoms with van der Waals surface area (Å²) in [5, 5.41) is 32.3. The summed E-state index contributed by atoms with van der Waals surface area (Å²) in [6.07, 6.45) is 2.62. The Kier molecular flexibility index (Phi) is 6.15. The predicted octanol–water partition coefficient (Wildman–Crippen LogP) is 5.48. The van der Waals surface area contributed by atoms with Crippen LogP contribution in [-0.4, -0.2) is 41.3 Å². The van der Waals surface area contributed by atoms with Crippen molar-refractivity contribution in [2.75, 3.05) is 5.32 Å². The Hall–Kier alpha value is -3.58. The highest BCUT2D eigenvalue weighted by Gasteiger charge is 2.55. The third kappa shape index (κ3) is 4.42. The maximum absolute atomic E-state index is 13.1. The van der Waals surface area contributed by atoms with Crippen molar-refractivity contribution in [3.05, 3.63) is 47.5 Å². The molecule has 0 saturated heterocycles. The molecule has 1 fully saturated rings. The molecule has 0 aliphatic heterocycles. The topological polar surface area (TPSA) is 137 Å². The van der Waals surface area contributed by atoms with Crippen LogP contribution in [-0.2, 0) is 16.6 Å². The summed E-state index contributed by atoms with van der Waals surface area (Å²) in [7, 11) is 0. The van der Waals surface area contributed by atoms with Crippen molar-refractivity contribution < 1.29 is 28.2 Å². The molecule has 3 heterocycles. The molecular formula is C24H23F3N6O3S. The number of thiazole rings is 1. The highest BCUT2D eigenvalue weighted by molar-refractivity contribution is 7.15. The van der Waals surface area contributed by atoms with Gasteiger partial charge in [-0.2, -0.15) is 18.3 Å². The van der Waals surface area contributed by atoms with Gasteiger partial charge in [0.1, 0.15) is 21.7 Å². The SMILES string of the molecule is CC(O)(c1ncc(-c2cc(Nc3nccc(C(F)(F)F)n3)cc3[nH]ncc23)s1)C1(C(=O)O)CCCCC1. The van der Waals surface area contributed by atoms with Crippen LogP contribution < -0.4 is 5.32 Å². The quantitative estimate of drug-likeness (QED) is 0.256. The molecule has 0 radical (unpaired) electrons. The Labute approximate surface area is 212 Å². The lowest BCUT2D eigenvalue weighted by Crippen LogP contribution is -2.50. The fourth-order valence-corrected chi connectivity index (χ4v) is 6.02. The minimum atomic E-state index is -4.61. The smallest absolute Gasteiger partial charge is 0.433 e. The summed E-state index contributed by atoms with van der Waals surface area (Å²) in [6, 6.07) is 4.14. The van der Waals surface area contributed by atoms with E-state index in [1.165, 1.54) is 18.3 Å². The molecule has 13 heteroatoms. The molecule has 4 aromatic rings. The lowest BCUT2D eigenvalue weighted by atomic mass is 9.64. The number of carbonyl (C=O) groups is 1. The second kappa shape index (κ2) is 9.06. The van der Waals surface area contributed by atoms with Gasteiger partial charge in [0.25, 0.3) is 0 Å². The molecule has 1 atom stereocenters. The summed E-state index contributed by atoms with van der Waals surface area (Å²) in [4.78, 5) is 24.8. The molecule has 9 nitrogen and oxygen atoms in total. The summed E-state index contributed by atoms with van der Waals surface area (Å²) in [5.74, 6) is -1.27. The van der Waals surface area contributed by atoms with Gasteiger partial charge in [0.2, 0.25) is 5.95 Å². The Morgan fingerprint density at radius 2 is 1.92 bits per heavy atom. The number of nitrogens with zero attached hydrogens (tertiary/aromatic N) is 4. The molecule has 0 amide bonds. The number of aliphatic carboxylic acids is 1. The number of fused-ring (bicyclic) bond motifs is 1. The van der Waals surface area contributed by atoms with Crippen LogP contribution in [0.5, 0.6) is 0 Å². The fourth-order valence-electron chi connectivity index (χ4n) is 4.93. The van der Waals surface area contributed by atoms with E-state index >= 15 is 0 Å². The van der Waals surface area contributed by atoms with E-state index in [1.54, 1.807) is 24.5 Å². The second-order valence-electron chi connectivity index (χ2n) is 9.29. The van der Waals surface area contributed by atoms with Gasteiger partial charge in [-0.3, -0.25) is 9.89 Å². The largest absolute Gasteiger partial charge is 0.481 e. The van der Waals surface area contributed by atoms with Crippen LogP contribution in [0.3, 0.4) is 0 Å². The number of hydrogen-bond acceptors (Lipinski definition) is 8. The molecule has 194 valence electrons. The number of carboxylic acids is 1. The van der Waals surface area contributed by atoms with Crippen LogP contribution in [0.1, 0.15) is 49.7 Å². The third-order valence-electron chi connectivity index (χ3n) is 7.00. The normalized spacial score (nSPS) is 17.4. The van der Waals surface area contributed by atoms with Crippen LogP contribution in [0.25, 0.3) is 21.3 Å². The van der Waals surface area contributed by atoms with E-state index < -0.39 is 28.9 Å². The van der Waals surface area contributed by atoms with Gasteiger partial charge < -0.3 is 15.5 Å². The van der Waals surface area contributed by atoms with Crippen LogP contribution >= 0.6 is 11.3 Å². The summed E-state index contributed by atoms with van der Waals surface area (Å²) in [5.41, 5.74) is -2.45. The van der Waals surface area contributed by atoms with Crippen molar-refractivity contribution in [2.45, 2.75) is 50.8 Å². The van der Waals surface area contributed by atoms with Gasteiger partial charge in [-0.15, -0.1) is 11.3 Å². The number of benzene rings is 1. The van der Waals surface area contributed by atoms with E-state index in [2.05, 4.69) is 30.5 Å². The lowest BCUT2D eigenvalue weighted by molar-refractivity contribution is -0.174. The number of aromatic amines is 1. The fraction of sp³-hybridized carbons (Fsp3) is 0.375. The van der Waals surface area contributed by atoms with Gasteiger partial charge in [-0.05, 0) is 38.0 Å². The highest BCUT2D eigenvalue weighted by atomic mass is 32.1. The molecule has 5 rings (SSSR count). The van der Waals surface area contributed by atoms with Gasteiger partial charge in [-0.25, -0.2) is 15.0 Å². The monoisotopic (exact) mass is 532 g/mol. The number of hydrogen-bond donors (Lipinski definition) is 4. The zero-order chi connectivity index (χ0) is 26.4. The lowest BCUT2D eigenvalue weighted by Gasteiger charge is -2.43. The van der Waals surface area contributed by atoms with Gasteiger partial charge in [-0.1, -0.05) is 19.3 Å². The number of alkyl halides is 3. The first kappa shape index (κ1) is 25.1. The molecule has 1 aliphatic rings. The van der Waals surface area contributed by atoms with E-state index in [4.69, 9.17) is 0 Å².